The molecule has 1 rings (SSSR count). The Balaban J connectivity index is 2.93. The molecule has 0 aliphatic rings. The highest BCUT2D eigenvalue weighted by Crippen LogP contribution is 2.31. The van der Waals surface area contributed by atoms with Crippen LogP contribution in [0.15, 0.2) is 24.3 Å². The molecule has 2 unspecified atom stereocenters. The normalized spacial score (nSPS) is 15.4. The van der Waals surface area contributed by atoms with E-state index in [2.05, 4.69) is 19.2 Å². The molecule has 0 aromatic heterocycles. The fraction of sp³-hybridized carbons (Fsp3) is 0.571. The maximum absolute atomic E-state index is 12.5. The van der Waals surface area contributed by atoms with Gasteiger partial charge in [-0.05, 0) is 30.2 Å². The summed E-state index contributed by atoms with van der Waals surface area (Å²) in [6.07, 6.45) is -3.28. The molecule has 1 aromatic carbocycles. The van der Waals surface area contributed by atoms with Crippen LogP contribution in [0.3, 0.4) is 0 Å². The molecule has 0 amide bonds. The van der Waals surface area contributed by atoms with E-state index in [1.165, 1.54) is 0 Å². The molecule has 0 aliphatic heterocycles. The molecule has 0 heterocycles. The first-order valence-corrected chi connectivity index (χ1v) is 6.30. The van der Waals surface area contributed by atoms with Gasteiger partial charge in [0.1, 0.15) is 0 Å². The molecule has 0 radical (unpaired) electrons. The summed E-state index contributed by atoms with van der Waals surface area (Å²) in [6.45, 7) is 6.99. The Labute approximate surface area is 106 Å². The molecule has 2 atom stereocenters. The van der Waals surface area contributed by atoms with Crippen molar-refractivity contribution in [3.05, 3.63) is 35.4 Å². The van der Waals surface area contributed by atoms with Crippen LogP contribution in [0.1, 0.15) is 44.4 Å². The number of alkyl halides is 3. The number of nitrogens with one attached hydrogen (secondary N) is 1. The monoisotopic (exact) mass is 259 g/mol. The Morgan fingerprint density at radius 2 is 1.67 bits per heavy atom. The van der Waals surface area contributed by atoms with Crippen LogP contribution in [0.2, 0.25) is 0 Å². The first kappa shape index (κ1) is 15.0. The minimum absolute atomic E-state index is 0.113. The van der Waals surface area contributed by atoms with Crippen LogP contribution in [0.4, 0.5) is 13.2 Å². The lowest BCUT2D eigenvalue weighted by Gasteiger charge is -2.24. The molecule has 1 aromatic rings. The van der Waals surface area contributed by atoms with Crippen LogP contribution in [-0.4, -0.2) is 6.54 Å². The molecule has 0 spiro atoms. The van der Waals surface area contributed by atoms with Gasteiger partial charge in [-0.3, -0.25) is 0 Å². The third-order valence-electron chi connectivity index (χ3n) is 3.23. The summed E-state index contributed by atoms with van der Waals surface area (Å²) in [4.78, 5) is 0. The van der Waals surface area contributed by atoms with E-state index in [9.17, 15) is 13.2 Å². The SMILES string of the molecule is CCNC(c1ccc(C(F)(F)F)cc1)C(C)CC. The molecule has 18 heavy (non-hydrogen) atoms. The van der Waals surface area contributed by atoms with Crippen LogP contribution < -0.4 is 5.32 Å². The van der Waals surface area contributed by atoms with E-state index in [4.69, 9.17) is 0 Å². The largest absolute Gasteiger partial charge is 0.416 e. The number of hydrogen-bond acceptors (Lipinski definition) is 1. The average Bonchev–Trinajstić information content (AvgIpc) is 2.34. The highest BCUT2D eigenvalue weighted by molar-refractivity contribution is 5.27. The maximum Gasteiger partial charge on any atom is 0.416 e. The maximum atomic E-state index is 12.5. The summed E-state index contributed by atoms with van der Waals surface area (Å²) in [5, 5.41) is 3.33. The molecule has 102 valence electrons. The Morgan fingerprint density at radius 3 is 2.06 bits per heavy atom. The zero-order valence-electron chi connectivity index (χ0n) is 11.0. The standard InChI is InChI=1S/C14H20F3N/c1-4-10(3)13(18-5-2)11-6-8-12(9-7-11)14(15,16)17/h6-10,13,18H,4-5H2,1-3H3. The molecule has 0 saturated carbocycles. The molecule has 0 bridgehead atoms. The minimum Gasteiger partial charge on any atom is -0.310 e. The summed E-state index contributed by atoms with van der Waals surface area (Å²) in [5.41, 5.74) is 0.324. The van der Waals surface area contributed by atoms with E-state index >= 15 is 0 Å². The number of hydrogen-bond donors (Lipinski definition) is 1. The highest BCUT2D eigenvalue weighted by Gasteiger charge is 2.30. The van der Waals surface area contributed by atoms with Crippen molar-refractivity contribution < 1.29 is 13.2 Å². The molecule has 1 nitrogen and oxygen atoms in total. The molecule has 1 N–H and O–H groups in total. The molecule has 4 heteroatoms. The Hall–Kier alpha value is -1.03. The Morgan fingerprint density at radius 1 is 1.11 bits per heavy atom. The molecular formula is C14H20F3N. The van der Waals surface area contributed by atoms with Gasteiger partial charge >= 0.3 is 6.18 Å². The Bertz CT molecular complexity index is 356. The zero-order valence-corrected chi connectivity index (χ0v) is 11.0. The van der Waals surface area contributed by atoms with Crippen LogP contribution in [0.25, 0.3) is 0 Å². The second-order valence-corrected chi connectivity index (χ2v) is 4.54. The molecule has 0 aliphatic carbocycles. The lowest BCUT2D eigenvalue weighted by atomic mass is 9.92. The quantitative estimate of drug-likeness (QED) is 0.826. The van der Waals surface area contributed by atoms with Gasteiger partial charge in [0.05, 0.1) is 5.56 Å². The van der Waals surface area contributed by atoms with Gasteiger partial charge in [-0.1, -0.05) is 39.3 Å². The van der Waals surface area contributed by atoms with Crippen molar-refractivity contribution in [2.45, 2.75) is 39.4 Å². The summed E-state index contributed by atoms with van der Waals surface area (Å²) in [5.74, 6) is 0.390. The van der Waals surface area contributed by atoms with Crippen LogP contribution in [-0.2, 0) is 6.18 Å². The zero-order chi connectivity index (χ0) is 13.8. The van der Waals surface area contributed by atoms with Crippen molar-refractivity contribution in [2.24, 2.45) is 5.92 Å². The average molecular weight is 259 g/mol. The number of benzene rings is 1. The minimum atomic E-state index is -4.26. The molecular weight excluding hydrogens is 239 g/mol. The van der Waals surface area contributed by atoms with Gasteiger partial charge in [-0.15, -0.1) is 0 Å². The fourth-order valence-electron chi connectivity index (χ4n) is 1.98. The summed E-state index contributed by atoms with van der Waals surface area (Å²) in [7, 11) is 0. The van der Waals surface area contributed by atoms with Gasteiger partial charge in [0.25, 0.3) is 0 Å². The van der Waals surface area contributed by atoms with Crippen molar-refractivity contribution in [3.8, 4) is 0 Å². The number of halogens is 3. The first-order valence-electron chi connectivity index (χ1n) is 6.30. The van der Waals surface area contributed by atoms with E-state index in [1.807, 2.05) is 6.92 Å². The summed E-state index contributed by atoms with van der Waals surface area (Å²) >= 11 is 0. The molecule has 0 fully saturated rings. The van der Waals surface area contributed by atoms with E-state index in [-0.39, 0.29) is 6.04 Å². The van der Waals surface area contributed by atoms with Crippen molar-refractivity contribution >= 4 is 0 Å². The predicted molar refractivity (Wildman–Crippen MR) is 67.3 cm³/mol. The van der Waals surface area contributed by atoms with Gasteiger partial charge < -0.3 is 5.32 Å². The highest BCUT2D eigenvalue weighted by atomic mass is 19.4. The summed E-state index contributed by atoms with van der Waals surface area (Å²) in [6, 6.07) is 5.57. The van der Waals surface area contributed by atoms with Crippen LogP contribution >= 0.6 is 0 Å². The predicted octanol–water partition coefficient (Wildman–Crippen LogP) is 4.40. The van der Waals surface area contributed by atoms with Gasteiger partial charge in [0.2, 0.25) is 0 Å². The van der Waals surface area contributed by atoms with E-state index in [1.54, 1.807) is 12.1 Å². The third-order valence-corrected chi connectivity index (χ3v) is 3.23. The summed E-state index contributed by atoms with van der Waals surface area (Å²) < 4.78 is 37.4. The van der Waals surface area contributed by atoms with Gasteiger partial charge in [0, 0.05) is 6.04 Å². The van der Waals surface area contributed by atoms with Gasteiger partial charge in [0.15, 0.2) is 0 Å². The van der Waals surface area contributed by atoms with E-state index in [0.29, 0.717) is 5.92 Å². The van der Waals surface area contributed by atoms with Crippen molar-refractivity contribution in [2.75, 3.05) is 6.54 Å². The van der Waals surface area contributed by atoms with E-state index in [0.717, 1.165) is 30.7 Å². The Kier molecular flexibility index (Phi) is 5.20. The van der Waals surface area contributed by atoms with Crippen LogP contribution in [0, 0.1) is 5.92 Å². The molecule has 0 saturated heterocycles. The van der Waals surface area contributed by atoms with Crippen molar-refractivity contribution in [3.63, 3.8) is 0 Å². The second-order valence-electron chi connectivity index (χ2n) is 4.54. The lowest BCUT2D eigenvalue weighted by Crippen LogP contribution is -2.26. The van der Waals surface area contributed by atoms with Gasteiger partial charge in [-0.25, -0.2) is 0 Å². The fourth-order valence-corrected chi connectivity index (χ4v) is 1.98. The second kappa shape index (κ2) is 6.23. The first-order chi connectivity index (χ1) is 8.40. The lowest BCUT2D eigenvalue weighted by molar-refractivity contribution is -0.137. The third kappa shape index (κ3) is 3.73. The van der Waals surface area contributed by atoms with Crippen molar-refractivity contribution in [1.29, 1.82) is 0 Å². The number of rotatable bonds is 5. The van der Waals surface area contributed by atoms with E-state index < -0.39 is 11.7 Å². The smallest absolute Gasteiger partial charge is 0.310 e. The van der Waals surface area contributed by atoms with Gasteiger partial charge in [-0.2, -0.15) is 13.2 Å². The van der Waals surface area contributed by atoms with Crippen LogP contribution in [0.5, 0.6) is 0 Å². The van der Waals surface area contributed by atoms with Crippen molar-refractivity contribution in [1.82, 2.24) is 5.32 Å². The topological polar surface area (TPSA) is 12.0 Å².